The maximum Gasteiger partial charge on any atom is 0.358 e. The van der Waals surface area contributed by atoms with E-state index >= 15 is 0 Å². The zero-order valence-corrected chi connectivity index (χ0v) is 15.6. The molecule has 0 saturated carbocycles. The molecule has 0 bridgehead atoms. The minimum absolute atomic E-state index is 0.0658. The number of carbonyl (C=O) groups excluding carboxylic acids is 2. The van der Waals surface area contributed by atoms with E-state index in [4.69, 9.17) is 18.9 Å². The normalized spacial score (nSPS) is 10.6. The average molecular weight is 376 g/mol. The molecule has 8 nitrogen and oxygen atoms in total. The number of esters is 2. The van der Waals surface area contributed by atoms with Crippen LogP contribution in [0, 0.1) is 0 Å². The van der Waals surface area contributed by atoms with Crippen LogP contribution in [0.15, 0.2) is 36.4 Å². The molecule has 0 amide bonds. The van der Waals surface area contributed by atoms with Crippen LogP contribution in [0.25, 0.3) is 0 Å². The minimum Gasteiger partial charge on any atom is -0.461 e. The Labute approximate surface area is 158 Å². The standard InChI is InChI=1S/C19H24N2O6/c1-3-26-18(22)16-13-17(19(23)27-12-11-25-10-9-24-2)21(20-16)14-15-7-5-4-6-8-15/h4-8,13H,3,9-12,14H2,1-2H3. The van der Waals surface area contributed by atoms with Crippen LogP contribution in [0.2, 0.25) is 0 Å². The van der Waals surface area contributed by atoms with Gasteiger partial charge in [-0.25, -0.2) is 9.59 Å². The summed E-state index contributed by atoms with van der Waals surface area (Å²) in [5.41, 5.74) is 1.18. The predicted octanol–water partition coefficient (Wildman–Crippen LogP) is 1.93. The summed E-state index contributed by atoms with van der Waals surface area (Å²) < 4.78 is 21.8. The van der Waals surface area contributed by atoms with Crippen LogP contribution in [-0.2, 0) is 25.5 Å². The van der Waals surface area contributed by atoms with Crippen LogP contribution >= 0.6 is 0 Å². The van der Waals surface area contributed by atoms with Gasteiger partial charge in [0.1, 0.15) is 12.3 Å². The first-order valence-corrected chi connectivity index (χ1v) is 8.68. The molecule has 1 aromatic carbocycles. The SMILES string of the molecule is CCOC(=O)c1cc(C(=O)OCCOCCOC)n(Cc2ccccc2)n1. The molecule has 0 saturated heterocycles. The van der Waals surface area contributed by atoms with Gasteiger partial charge in [-0.2, -0.15) is 5.10 Å². The van der Waals surface area contributed by atoms with Gasteiger partial charge in [0.2, 0.25) is 0 Å². The lowest BCUT2D eigenvalue weighted by Crippen LogP contribution is -2.17. The number of benzene rings is 1. The third kappa shape index (κ3) is 6.50. The van der Waals surface area contributed by atoms with Crippen molar-refractivity contribution >= 4 is 11.9 Å². The van der Waals surface area contributed by atoms with Crippen molar-refractivity contribution in [2.75, 3.05) is 40.1 Å². The number of hydrogen-bond donors (Lipinski definition) is 0. The van der Waals surface area contributed by atoms with Crippen LogP contribution in [0.3, 0.4) is 0 Å². The fourth-order valence-corrected chi connectivity index (χ4v) is 2.27. The molecule has 2 aromatic rings. The fraction of sp³-hybridized carbons (Fsp3) is 0.421. The quantitative estimate of drug-likeness (QED) is 0.437. The van der Waals surface area contributed by atoms with Gasteiger partial charge in [-0.1, -0.05) is 30.3 Å². The highest BCUT2D eigenvalue weighted by Gasteiger charge is 2.21. The molecule has 27 heavy (non-hydrogen) atoms. The molecule has 0 spiro atoms. The summed E-state index contributed by atoms with van der Waals surface area (Å²) in [6, 6.07) is 10.9. The molecular formula is C19H24N2O6. The Morgan fingerprint density at radius 1 is 1.00 bits per heavy atom. The Bertz CT molecular complexity index is 729. The molecule has 0 radical (unpaired) electrons. The topological polar surface area (TPSA) is 88.9 Å². The first kappa shape index (κ1) is 20.6. The highest BCUT2D eigenvalue weighted by Crippen LogP contribution is 2.11. The van der Waals surface area contributed by atoms with Crippen LogP contribution < -0.4 is 0 Å². The van der Waals surface area contributed by atoms with Crippen molar-refractivity contribution in [2.45, 2.75) is 13.5 Å². The third-order valence-corrected chi connectivity index (χ3v) is 3.54. The van der Waals surface area contributed by atoms with Crippen LogP contribution in [-0.4, -0.2) is 61.9 Å². The Morgan fingerprint density at radius 3 is 2.44 bits per heavy atom. The first-order chi connectivity index (χ1) is 13.2. The minimum atomic E-state index is -0.582. The highest BCUT2D eigenvalue weighted by atomic mass is 16.6. The van der Waals surface area contributed by atoms with Crippen molar-refractivity contribution in [1.82, 2.24) is 9.78 Å². The maximum atomic E-state index is 12.4. The van der Waals surface area contributed by atoms with E-state index in [1.807, 2.05) is 30.3 Å². The molecule has 0 aliphatic carbocycles. The Balaban J connectivity index is 2.07. The van der Waals surface area contributed by atoms with Crippen molar-refractivity contribution in [3.8, 4) is 0 Å². The summed E-state index contributed by atoms with van der Waals surface area (Å²) in [6.45, 7) is 3.50. The average Bonchev–Trinajstić information content (AvgIpc) is 3.09. The summed E-state index contributed by atoms with van der Waals surface area (Å²) in [5.74, 6) is -1.16. The van der Waals surface area contributed by atoms with Gasteiger partial charge < -0.3 is 18.9 Å². The number of nitrogens with zero attached hydrogens (tertiary/aromatic N) is 2. The van der Waals surface area contributed by atoms with E-state index in [9.17, 15) is 9.59 Å². The van der Waals surface area contributed by atoms with Gasteiger partial charge in [-0.05, 0) is 12.5 Å². The summed E-state index contributed by atoms with van der Waals surface area (Å²) in [4.78, 5) is 24.4. The molecule has 8 heteroatoms. The van der Waals surface area contributed by atoms with E-state index in [1.165, 1.54) is 10.7 Å². The smallest absolute Gasteiger partial charge is 0.358 e. The second-order valence-electron chi connectivity index (χ2n) is 5.52. The van der Waals surface area contributed by atoms with E-state index in [0.717, 1.165) is 5.56 Å². The van der Waals surface area contributed by atoms with Crippen LogP contribution in [0.4, 0.5) is 0 Å². The van der Waals surface area contributed by atoms with Crippen molar-refractivity contribution in [3.63, 3.8) is 0 Å². The van der Waals surface area contributed by atoms with Gasteiger partial charge in [0.25, 0.3) is 0 Å². The Kier molecular flexibility index (Phi) is 8.47. The van der Waals surface area contributed by atoms with Crippen LogP contribution in [0.1, 0.15) is 33.5 Å². The van der Waals surface area contributed by atoms with E-state index in [0.29, 0.717) is 19.8 Å². The Hall–Kier alpha value is -2.71. The molecular weight excluding hydrogens is 352 g/mol. The molecule has 1 aromatic heterocycles. The van der Waals surface area contributed by atoms with Gasteiger partial charge in [-0.3, -0.25) is 4.68 Å². The monoisotopic (exact) mass is 376 g/mol. The molecule has 0 N–H and O–H groups in total. The fourth-order valence-electron chi connectivity index (χ4n) is 2.27. The lowest BCUT2D eigenvalue weighted by Gasteiger charge is -2.08. The van der Waals surface area contributed by atoms with E-state index in [1.54, 1.807) is 14.0 Å². The van der Waals surface area contributed by atoms with E-state index in [2.05, 4.69) is 5.10 Å². The molecule has 146 valence electrons. The van der Waals surface area contributed by atoms with Crippen molar-refractivity contribution in [2.24, 2.45) is 0 Å². The zero-order valence-electron chi connectivity index (χ0n) is 15.6. The van der Waals surface area contributed by atoms with Gasteiger partial charge in [0, 0.05) is 13.2 Å². The van der Waals surface area contributed by atoms with Crippen LogP contribution in [0.5, 0.6) is 0 Å². The third-order valence-electron chi connectivity index (χ3n) is 3.54. The number of hydrogen-bond acceptors (Lipinski definition) is 7. The summed E-state index contributed by atoms with van der Waals surface area (Å²) in [6.07, 6.45) is 0. The lowest BCUT2D eigenvalue weighted by atomic mass is 10.2. The second-order valence-corrected chi connectivity index (χ2v) is 5.52. The number of ether oxygens (including phenoxy) is 4. The molecule has 2 rings (SSSR count). The van der Waals surface area contributed by atoms with Gasteiger partial charge in [0.15, 0.2) is 5.69 Å². The summed E-state index contributed by atoms with van der Waals surface area (Å²) in [5, 5.41) is 4.21. The van der Waals surface area contributed by atoms with Gasteiger partial charge in [-0.15, -0.1) is 0 Å². The van der Waals surface area contributed by atoms with Gasteiger partial charge >= 0.3 is 11.9 Å². The Morgan fingerprint density at radius 2 is 1.74 bits per heavy atom. The maximum absolute atomic E-state index is 12.4. The predicted molar refractivity (Wildman–Crippen MR) is 96.7 cm³/mol. The number of aromatic nitrogens is 2. The van der Waals surface area contributed by atoms with Gasteiger partial charge in [0.05, 0.1) is 33.0 Å². The lowest BCUT2D eigenvalue weighted by molar-refractivity contribution is 0.0205. The summed E-state index contributed by atoms with van der Waals surface area (Å²) >= 11 is 0. The van der Waals surface area contributed by atoms with E-state index in [-0.39, 0.29) is 31.2 Å². The molecule has 0 atom stereocenters. The largest absolute Gasteiger partial charge is 0.461 e. The zero-order chi connectivity index (χ0) is 19.5. The molecule has 1 heterocycles. The summed E-state index contributed by atoms with van der Waals surface area (Å²) in [7, 11) is 1.58. The van der Waals surface area contributed by atoms with Crippen molar-refractivity contribution in [1.29, 1.82) is 0 Å². The molecule has 0 aliphatic rings. The number of rotatable bonds is 11. The molecule has 0 fully saturated rings. The number of methoxy groups -OCH3 is 1. The highest BCUT2D eigenvalue weighted by molar-refractivity contribution is 5.93. The van der Waals surface area contributed by atoms with E-state index < -0.39 is 11.9 Å². The van der Waals surface area contributed by atoms with Crippen molar-refractivity contribution < 1.29 is 28.5 Å². The van der Waals surface area contributed by atoms with Crippen molar-refractivity contribution in [3.05, 3.63) is 53.3 Å². The first-order valence-electron chi connectivity index (χ1n) is 8.68. The molecule has 0 unspecified atom stereocenters. The number of carbonyl (C=O) groups is 2. The molecule has 0 aliphatic heterocycles. The second kappa shape index (κ2) is 11.1.